The van der Waals surface area contributed by atoms with E-state index in [-0.39, 0.29) is 46.9 Å². The first-order valence-electron chi connectivity index (χ1n) is 23.5. The Morgan fingerprint density at radius 2 is 1.38 bits per heavy atom. The zero-order valence-electron chi connectivity index (χ0n) is 40.0. The second-order valence-corrected chi connectivity index (χ2v) is 18.2. The second-order valence-electron chi connectivity index (χ2n) is 17.2. The van der Waals surface area contributed by atoms with Crippen LogP contribution < -0.4 is 32.3 Å². The monoisotopic (exact) mass is 969 g/mol. The van der Waals surface area contributed by atoms with Gasteiger partial charge in [0.2, 0.25) is 35.4 Å². The van der Waals surface area contributed by atoms with Crippen molar-refractivity contribution in [1.29, 1.82) is 0 Å². The van der Waals surface area contributed by atoms with Crippen LogP contribution in [-0.2, 0) is 44.8 Å². The summed E-state index contributed by atoms with van der Waals surface area (Å²) in [7, 11) is 2.63. The standard InChI is InChI=1S/C48H72N8O11S/c1-6-7-8-9-10-11-12-13-14-15-16-17-18-19-40(61)55(3)36(28-57)46(65)54-43(49)48(67)50-27-41(62)56(4)42-32-21-23-38(60)34(26-32)33-24-31(20-22-37(33)59)25-35(45(64)53-39(29-58)68-5)52-44(63)30(2)51-47(42)66/h20-24,26,29-30,35-36,39,42-43,57,59-60H,6-19,25,27-28,49H2,1-5H3,(H,50,67)(H,51,66)(H,52,63)(H,53,64)(H,54,65)/t30-,35-,36+,39?,42-,43-/m0/s1. The fourth-order valence-corrected chi connectivity index (χ4v) is 8.13. The van der Waals surface area contributed by atoms with Crippen molar-refractivity contribution in [2.45, 2.75) is 146 Å². The summed E-state index contributed by atoms with van der Waals surface area (Å²) in [5.74, 6) is -6.03. The lowest BCUT2D eigenvalue weighted by Gasteiger charge is -2.30. The van der Waals surface area contributed by atoms with E-state index in [1.54, 1.807) is 6.26 Å². The molecule has 0 saturated carbocycles. The first kappa shape index (κ1) is 56.6. The van der Waals surface area contributed by atoms with Gasteiger partial charge in [0.1, 0.15) is 41.0 Å². The minimum atomic E-state index is -1.71. The summed E-state index contributed by atoms with van der Waals surface area (Å²) < 4.78 is 0. The van der Waals surface area contributed by atoms with Crippen LogP contribution in [-0.4, -0.2) is 136 Å². The molecule has 19 nitrogen and oxygen atoms in total. The number of aliphatic hydroxyl groups excluding tert-OH is 1. The summed E-state index contributed by atoms with van der Waals surface area (Å²) >= 11 is 1.06. The zero-order chi connectivity index (χ0) is 50.3. The Hall–Kier alpha value is -5.73. The smallest absolute Gasteiger partial charge is 0.257 e. The van der Waals surface area contributed by atoms with E-state index in [0.29, 0.717) is 18.3 Å². The molecule has 0 radical (unpaired) electrons. The third-order valence-corrected chi connectivity index (χ3v) is 12.8. The molecule has 0 spiro atoms. The van der Waals surface area contributed by atoms with Crippen molar-refractivity contribution in [3.63, 3.8) is 0 Å². The Morgan fingerprint density at radius 3 is 1.96 bits per heavy atom. The number of unbranched alkanes of at least 4 members (excludes halogenated alkanes) is 12. The molecule has 0 aliphatic carbocycles. The lowest BCUT2D eigenvalue weighted by molar-refractivity contribution is -0.142. The lowest BCUT2D eigenvalue weighted by atomic mass is 9.93. The number of hydrogen-bond donors (Lipinski definition) is 9. The molecule has 7 amide bonds. The summed E-state index contributed by atoms with van der Waals surface area (Å²) in [5.41, 5.74) is 6.71. The fraction of sp³-hybridized carbons (Fsp3) is 0.583. The molecule has 376 valence electrons. The number of hydrogen-bond acceptors (Lipinski definition) is 13. The summed E-state index contributed by atoms with van der Waals surface area (Å²) in [5, 5.41) is 43.3. The Bertz CT molecular complexity index is 2040. The Balaban J connectivity index is 1.65. The topological polar surface area (TPSA) is 290 Å². The molecular weight excluding hydrogens is 897 g/mol. The molecule has 68 heavy (non-hydrogen) atoms. The first-order valence-corrected chi connectivity index (χ1v) is 24.8. The number of benzene rings is 2. The van der Waals surface area contributed by atoms with Gasteiger partial charge in [-0.2, -0.15) is 0 Å². The fourth-order valence-electron chi connectivity index (χ4n) is 7.79. The van der Waals surface area contributed by atoms with Crippen LogP contribution in [0.15, 0.2) is 36.4 Å². The number of aldehydes is 1. The minimum absolute atomic E-state index is 0.0576. The first-order chi connectivity index (χ1) is 32.5. The van der Waals surface area contributed by atoms with E-state index in [9.17, 15) is 53.7 Å². The van der Waals surface area contributed by atoms with Crippen molar-refractivity contribution < 1.29 is 53.7 Å². The van der Waals surface area contributed by atoms with Crippen molar-refractivity contribution in [2.75, 3.05) is 33.5 Å². The highest BCUT2D eigenvalue weighted by Crippen LogP contribution is 2.38. The number of likely N-dealkylation sites (N-methyl/N-ethyl adjacent to an activating group) is 2. The number of nitrogens with one attached hydrogen (secondary N) is 5. The van der Waals surface area contributed by atoms with Gasteiger partial charge in [-0.25, -0.2) is 0 Å². The van der Waals surface area contributed by atoms with Gasteiger partial charge >= 0.3 is 0 Å². The number of nitrogens with zero attached hydrogens (tertiary/aromatic N) is 2. The second kappa shape index (κ2) is 29.2. The molecule has 20 heteroatoms. The number of aromatic hydroxyl groups is 2. The lowest BCUT2D eigenvalue weighted by Crippen LogP contribution is -2.59. The molecule has 4 bridgehead atoms. The Morgan fingerprint density at radius 1 is 0.809 bits per heavy atom. The maximum atomic E-state index is 14.1. The number of thioether (sulfide) groups is 1. The Kier molecular flexibility index (Phi) is 24.3. The number of phenols is 2. The van der Waals surface area contributed by atoms with Crippen LogP contribution in [0.5, 0.6) is 11.5 Å². The highest BCUT2D eigenvalue weighted by molar-refractivity contribution is 7.99. The van der Waals surface area contributed by atoms with Crippen LogP contribution in [0.2, 0.25) is 0 Å². The molecule has 6 atom stereocenters. The minimum Gasteiger partial charge on any atom is -0.507 e. The van der Waals surface area contributed by atoms with Gasteiger partial charge < -0.3 is 62.2 Å². The number of phenolic OH excluding ortho intramolecular Hbond substituents is 2. The molecule has 0 aromatic heterocycles. The molecule has 1 heterocycles. The molecule has 1 aliphatic rings. The predicted octanol–water partition coefficient (Wildman–Crippen LogP) is 2.63. The molecular formula is C48H72N8O11S. The van der Waals surface area contributed by atoms with E-state index in [2.05, 4.69) is 33.5 Å². The largest absolute Gasteiger partial charge is 0.507 e. The maximum absolute atomic E-state index is 14.1. The number of aliphatic hydroxyl groups is 1. The third-order valence-electron chi connectivity index (χ3n) is 12.0. The normalized spacial score (nSPS) is 17.2. The number of fused-ring (bicyclic) bond motifs is 5. The summed E-state index contributed by atoms with van der Waals surface area (Å²) in [6, 6.07) is 2.94. The summed E-state index contributed by atoms with van der Waals surface area (Å²) in [6.07, 6.45) is 15.4. The molecule has 0 fully saturated rings. The van der Waals surface area contributed by atoms with Gasteiger partial charge in [-0.1, -0.05) is 96.1 Å². The maximum Gasteiger partial charge on any atom is 0.257 e. The average Bonchev–Trinajstić information content (AvgIpc) is 3.31. The van der Waals surface area contributed by atoms with E-state index < -0.39 is 84.3 Å². The van der Waals surface area contributed by atoms with Crippen LogP contribution >= 0.6 is 11.8 Å². The van der Waals surface area contributed by atoms with Crippen LogP contribution in [0, 0.1) is 0 Å². The number of carbonyl (C=O) groups is 8. The van der Waals surface area contributed by atoms with Gasteiger partial charge in [-0.05, 0) is 55.0 Å². The van der Waals surface area contributed by atoms with E-state index in [1.165, 1.54) is 109 Å². The third kappa shape index (κ3) is 17.4. The van der Waals surface area contributed by atoms with Gasteiger partial charge in [0, 0.05) is 38.1 Å². The van der Waals surface area contributed by atoms with E-state index in [0.717, 1.165) is 47.2 Å². The number of carbonyl (C=O) groups excluding carboxylic acids is 8. The van der Waals surface area contributed by atoms with E-state index in [4.69, 9.17) is 5.73 Å². The molecule has 3 rings (SSSR count). The molecule has 10 N–H and O–H groups in total. The molecule has 1 aliphatic heterocycles. The summed E-state index contributed by atoms with van der Waals surface area (Å²) in [6.45, 7) is 2.10. The van der Waals surface area contributed by atoms with Crippen LogP contribution in [0.3, 0.4) is 0 Å². The van der Waals surface area contributed by atoms with Gasteiger partial charge in [0.25, 0.3) is 5.91 Å². The summed E-state index contributed by atoms with van der Waals surface area (Å²) in [4.78, 5) is 107. The van der Waals surface area contributed by atoms with Crippen molar-refractivity contribution in [3.05, 3.63) is 47.5 Å². The zero-order valence-corrected chi connectivity index (χ0v) is 40.8. The highest BCUT2D eigenvalue weighted by Gasteiger charge is 2.34. The van der Waals surface area contributed by atoms with Crippen LogP contribution in [0.1, 0.15) is 121 Å². The number of amides is 7. The molecule has 2 aromatic rings. The molecule has 0 saturated heterocycles. The van der Waals surface area contributed by atoms with Gasteiger partial charge in [-0.3, -0.25) is 33.6 Å². The highest BCUT2D eigenvalue weighted by atomic mass is 32.2. The van der Waals surface area contributed by atoms with Crippen LogP contribution in [0.4, 0.5) is 0 Å². The SMILES string of the molecule is CCCCCCCCCCCCCCCC(=O)N(C)[C@H](CO)C(=O)N[C@H](N)C(=O)NCC(=O)N(C)[C@@H]1C(=O)N[C@@H](C)C(=O)N[C@H](C(=O)NC(C=O)SC)Cc2ccc(O)c(c2)-c2cc1ccc2O. The number of rotatable bonds is 26. The average molecular weight is 969 g/mol. The quantitative estimate of drug-likeness (QED) is 0.0373. The van der Waals surface area contributed by atoms with E-state index in [1.807, 2.05) is 0 Å². The van der Waals surface area contributed by atoms with Gasteiger partial charge in [0.15, 0.2) is 12.5 Å². The van der Waals surface area contributed by atoms with E-state index >= 15 is 0 Å². The van der Waals surface area contributed by atoms with Gasteiger partial charge in [-0.15, -0.1) is 11.8 Å². The predicted molar refractivity (Wildman–Crippen MR) is 259 cm³/mol. The van der Waals surface area contributed by atoms with Crippen molar-refractivity contribution >= 4 is 59.4 Å². The van der Waals surface area contributed by atoms with Gasteiger partial charge in [0.05, 0.1) is 13.2 Å². The van der Waals surface area contributed by atoms with Crippen molar-refractivity contribution in [3.8, 4) is 22.6 Å². The van der Waals surface area contributed by atoms with Crippen molar-refractivity contribution in [1.82, 2.24) is 36.4 Å². The number of nitrogens with two attached hydrogens (primary N) is 1. The van der Waals surface area contributed by atoms with Crippen molar-refractivity contribution in [2.24, 2.45) is 5.73 Å². The molecule has 2 aromatic carbocycles. The van der Waals surface area contributed by atoms with Crippen LogP contribution in [0.25, 0.3) is 11.1 Å². The molecule has 1 unspecified atom stereocenters. The Labute approximate surface area is 403 Å².